The van der Waals surface area contributed by atoms with Crippen LogP contribution in [0.5, 0.6) is 0 Å². The lowest BCUT2D eigenvalue weighted by atomic mass is 10.1. The third-order valence-electron chi connectivity index (χ3n) is 2.23. The fourth-order valence-corrected chi connectivity index (χ4v) is 2.58. The zero-order valence-electron chi connectivity index (χ0n) is 9.76. The van der Waals surface area contributed by atoms with Gasteiger partial charge in [-0.05, 0) is 17.2 Å². The molecular formula is C11H18N2O2S2. The predicted molar refractivity (Wildman–Crippen MR) is 73.3 cm³/mol. The Labute approximate surface area is 110 Å². The molecule has 0 fully saturated rings. The molecule has 0 bridgehead atoms. The van der Waals surface area contributed by atoms with Crippen molar-refractivity contribution in [3.05, 3.63) is 22.4 Å². The SMILES string of the molecule is CCSCCNC(=O)C(N)C(O)c1cccs1. The molecule has 0 spiro atoms. The summed E-state index contributed by atoms with van der Waals surface area (Å²) in [6.07, 6.45) is -0.922. The van der Waals surface area contributed by atoms with E-state index in [0.29, 0.717) is 6.54 Å². The molecule has 2 unspecified atom stereocenters. The van der Waals surface area contributed by atoms with Gasteiger partial charge in [0, 0.05) is 17.2 Å². The maximum absolute atomic E-state index is 11.6. The largest absolute Gasteiger partial charge is 0.385 e. The summed E-state index contributed by atoms with van der Waals surface area (Å²) in [7, 11) is 0. The van der Waals surface area contributed by atoms with Crippen molar-refractivity contribution in [2.24, 2.45) is 5.73 Å². The number of thiophene rings is 1. The van der Waals surface area contributed by atoms with Gasteiger partial charge in [-0.3, -0.25) is 4.79 Å². The molecule has 1 aromatic heterocycles. The fourth-order valence-electron chi connectivity index (χ4n) is 1.29. The molecule has 0 radical (unpaired) electrons. The summed E-state index contributed by atoms with van der Waals surface area (Å²) in [5, 5.41) is 14.4. The number of carbonyl (C=O) groups is 1. The Morgan fingerprint density at radius 1 is 1.71 bits per heavy atom. The second-order valence-corrected chi connectivity index (χ2v) is 5.85. The Hall–Kier alpha value is -0.560. The molecule has 4 N–H and O–H groups in total. The number of amides is 1. The summed E-state index contributed by atoms with van der Waals surface area (Å²) >= 11 is 3.15. The summed E-state index contributed by atoms with van der Waals surface area (Å²) in [5.74, 6) is 1.59. The molecule has 0 aliphatic rings. The van der Waals surface area contributed by atoms with E-state index in [1.54, 1.807) is 17.8 Å². The minimum absolute atomic E-state index is 0.303. The summed E-state index contributed by atoms with van der Waals surface area (Å²) < 4.78 is 0. The predicted octanol–water partition coefficient (Wildman–Crippen LogP) is 0.978. The molecule has 17 heavy (non-hydrogen) atoms. The lowest BCUT2D eigenvalue weighted by Crippen LogP contribution is -2.45. The second kappa shape index (κ2) is 7.71. The summed E-state index contributed by atoms with van der Waals surface area (Å²) in [5.41, 5.74) is 5.70. The fraction of sp³-hybridized carbons (Fsp3) is 0.545. The number of nitrogens with two attached hydrogens (primary N) is 1. The minimum Gasteiger partial charge on any atom is -0.385 e. The number of aliphatic hydroxyl groups is 1. The molecule has 1 amide bonds. The zero-order valence-corrected chi connectivity index (χ0v) is 11.4. The Kier molecular flexibility index (Phi) is 6.57. The Bertz CT molecular complexity index is 330. The number of aliphatic hydroxyl groups excluding tert-OH is 1. The molecule has 0 saturated carbocycles. The molecule has 1 rings (SSSR count). The Balaban J connectivity index is 2.36. The van der Waals surface area contributed by atoms with Crippen LogP contribution in [0.1, 0.15) is 17.9 Å². The molecule has 2 atom stereocenters. The van der Waals surface area contributed by atoms with E-state index in [4.69, 9.17) is 5.73 Å². The smallest absolute Gasteiger partial charge is 0.240 e. The molecular weight excluding hydrogens is 256 g/mol. The van der Waals surface area contributed by atoms with Gasteiger partial charge in [0.25, 0.3) is 0 Å². The van der Waals surface area contributed by atoms with Crippen LogP contribution in [0.4, 0.5) is 0 Å². The monoisotopic (exact) mass is 274 g/mol. The van der Waals surface area contributed by atoms with E-state index < -0.39 is 12.1 Å². The first-order chi connectivity index (χ1) is 8.16. The van der Waals surface area contributed by atoms with Gasteiger partial charge in [-0.25, -0.2) is 0 Å². The van der Waals surface area contributed by atoms with Gasteiger partial charge in [-0.2, -0.15) is 11.8 Å². The summed E-state index contributed by atoms with van der Waals surface area (Å²) in [6, 6.07) is 2.70. The number of nitrogens with one attached hydrogen (secondary N) is 1. The van der Waals surface area contributed by atoms with Gasteiger partial charge >= 0.3 is 0 Å². The molecule has 0 saturated heterocycles. The van der Waals surface area contributed by atoms with E-state index in [-0.39, 0.29) is 5.91 Å². The molecule has 6 heteroatoms. The highest BCUT2D eigenvalue weighted by Crippen LogP contribution is 2.20. The maximum Gasteiger partial charge on any atom is 0.240 e. The molecule has 96 valence electrons. The van der Waals surface area contributed by atoms with E-state index in [0.717, 1.165) is 16.4 Å². The van der Waals surface area contributed by atoms with Gasteiger partial charge in [-0.15, -0.1) is 11.3 Å². The van der Waals surface area contributed by atoms with Crippen molar-refractivity contribution in [2.75, 3.05) is 18.1 Å². The number of hydrogen-bond donors (Lipinski definition) is 3. The lowest BCUT2D eigenvalue weighted by molar-refractivity contribution is -0.124. The van der Waals surface area contributed by atoms with Crippen molar-refractivity contribution in [3.63, 3.8) is 0 Å². The second-order valence-electron chi connectivity index (χ2n) is 3.47. The number of hydrogen-bond acceptors (Lipinski definition) is 5. The number of thioether (sulfide) groups is 1. The quantitative estimate of drug-likeness (QED) is 0.648. The van der Waals surface area contributed by atoms with Gasteiger partial charge < -0.3 is 16.2 Å². The highest BCUT2D eigenvalue weighted by molar-refractivity contribution is 7.99. The third-order valence-corrected chi connectivity index (χ3v) is 4.07. The molecule has 4 nitrogen and oxygen atoms in total. The minimum atomic E-state index is -0.922. The van der Waals surface area contributed by atoms with Crippen LogP contribution < -0.4 is 11.1 Å². The van der Waals surface area contributed by atoms with Crippen molar-refractivity contribution in [3.8, 4) is 0 Å². The normalized spacial score (nSPS) is 14.3. The molecule has 1 heterocycles. The van der Waals surface area contributed by atoms with E-state index >= 15 is 0 Å². The number of carbonyl (C=O) groups excluding carboxylic acids is 1. The first kappa shape index (κ1) is 14.5. The van der Waals surface area contributed by atoms with Crippen LogP contribution in [-0.2, 0) is 4.79 Å². The number of rotatable bonds is 7. The van der Waals surface area contributed by atoms with E-state index in [9.17, 15) is 9.90 Å². The van der Waals surface area contributed by atoms with Crippen molar-refractivity contribution in [1.82, 2.24) is 5.32 Å². The zero-order chi connectivity index (χ0) is 12.7. The molecule has 0 aromatic carbocycles. The van der Waals surface area contributed by atoms with Crippen LogP contribution in [-0.4, -0.2) is 35.1 Å². The van der Waals surface area contributed by atoms with E-state index in [2.05, 4.69) is 12.2 Å². The standard InChI is InChI=1S/C11H18N2O2S2/c1-2-16-7-5-13-11(15)9(12)10(14)8-4-3-6-17-8/h3-4,6,9-10,14H,2,5,7,12H2,1H3,(H,13,15). The van der Waals surface area contributed by atoms with Crippen molar-refractivity contribution in [1.29, 1.82) is 0 Å². The van der Waals surface area contributed by atoms with Gasteiger partial charge in [0.05, 0.1) is 0 Å². The van der Waals surface area contributed by atoms with Gasteiger partial charge in [0.15, 0.2) is 0 Å². The lowest BCUT2D eigenvalue weighted by Gasteiger charge is -2.17. The summed E-state index contributed by atoms with van der Waals surface area (Å²) in [4.78, 5) is 12.4. The third kappa shape index (κ3) is 4.67. The van der Waals surface area contributed by atoms with Crippen LogP contribution in [0.3, 0.4) is 0 Å². The van der Waals surface area contributed by atoms with Crippen LogP contribution in [0.25, 0.3) is 0 Å². The highest BCUT2D eigenvalue weighted by Gasteiger charge is 2.24. The van der Waals surface area contributed by atoms with Crippen LogP contribution in [0.15, 0.2) is 17.5 Å². The van der Waals surface area contributed by atoms with Crippen LogP contribution in [0, 0.1) is 0 Å². The molecule has 0 aliphatic carbocycles. The van der Waals surface area contributed by atoms with E-state index in [1.165, 1.54) is 11.3 Å². The van der Waals surface area contributed by atoms with E-state index in [1.807, 2.05) is 11.4 Å². The first-order valence-electron chi connectivity index (χ1n) is 5.49. The van der Waals surface area contributed by atoms with Crippen LogP contribution in [0.2, 0.25) is 0 Å². The van der Waals surface area contributed by atoms with Crippen molar-refractivity contribution < 1.29 is 9.90 Å². The maximum atomic E-state index is 11.6. The van der Waals surface area contributed by atoms with Crippen LogP contribution >= 0.6 is 23.1 Å². The topological polar surface area (TPSA) is 75.4 Å². The molecule has 1 aromatic rings. The van der Waals surface area contributed by atoms with Gasteiger partial charge in [0.1, 0.15) is 12.1 Å². The summed E-state index contributed by atoms with van der Waals surface area (Å²) in [6.45, 7) is 2.65. The van der Waals surface area contributed by atoms with Gasteiger partial charge in [0.2, 0.25) is 5.91 Å². The Morgan fingerprint density at radius 2 is 2.47 bits per heavy atom. The highest BCUT2D eigenvalue weighted by atomic mass is 32.2. The average molecular weight is 274 g/mol. The van der Waals surface area contributed by atoms with Gasteiger partial charge in [-0.1, -0.05) is 13.0 Å². The first-order valence-corrected chi connectivity index (χ1v) is 7.52. The van der Waals surface area contributed by atoms with Crippen molar-refractivity contribution in [2.45, 2.75) is 19.1 Å². The Morgan fingerprint density at radius 3 is 3.06 bits per heavy atom. The molecule has 0 aliphatic heterocycles. The van der Waals surface area contributed by atoms with Crippen molar-refractivity contribution >= 4 is 29.0 Å². The average Bonchev–Trinajstić information content (AvgIpc) is 2.86.